The van der Waals surface area contributed by atoms with E-state index < -0.39 is 5.91 Å². The van der Waals surface area contributed by atoms with Crippen molar-refractivity contribution in [2.24, 2.45) is 0 Å². The lowest BCUT2D eigenvalue weighted by molar-refractivity contribution is 0.102. The molecule has 7 nitrogen and oxygen atoms in total. The largest absolute Gasteiger partial charge is 0.504 e. The minimum atomic E-state index is -0.413. The van der Waals surface area contributed by atoms with Crippen LogP contribution in [0.4, 0.5) is 5.82 Å². The number of ether oxygens (including phenoxy) is 2. The number of benzene rings is 1. The molecule has 0 bridgehead atoms. The number of pyridine rings is 2. The average Bonchev–Trinajstić information content (AvgIpc) is 2.69. The van der Waals surface area contributed by atoms with Crippen molar-refractivity contribution in [3.63, 3.8) is 0 Å². The minimum absolute atomic E-state index is 0.0948. The number of hydrogen-bond donors (Lipinski definition) is 2. The Labute approximate surface area is 156 Å². The molecule has 138 valence electrons. The quantitative estimate of drug-likeness (QED) is 0.666. The number of nitrogens with one attached hydrogen (secondary N) is 1. The summed E-state index contributed by atoms with van der Waals surface area (Å²) in [6.45, 7) is 2.61. The van der Waals surface area contributed by atoms with E-state index in [0.717, 1.165) is 5.56 Å². The number of anilines is 1. The van der Waals surface area contributed by atoms with Crippen LogP contribution in [-0.2, 0) is 6.61 Å². The summed E-state index contributed by atoms with van der Waals surface area (Å²) in [5.74, 6) is 0.561. The fourth-order valence-corrected chi connectivity index (χ4v) is 2.35. The van der Waals surface area contributed by atoms with E-state index in [-0.39, 0.29) is 11.6 Å². The van der Waals surface area contributed by atoms with E-state index in [1.54, 1.807) is 36.7 Å². The third-order valence-electron chi connectivity index (χ3n) is 3.64. The third-order valence-corrected chi connectivity index (χ3v) is 3.64. The van der Waals surface area contributed by atoms with Gasteiger partial charge in [-0.15, -0.1) is 0 Å². The molecule has 0 saturated heterocycles. The number of carbonyl (C=O) groups is 1. The van der Waals surface area contributed by atoms with Gasteiger partial charge in [0.25, 0.3) is 5.91 Å². The summed E-state index contributed by atoms with van der Waals surface area (Å²) in [7, 11) is 0. The molecule has 0 aliphatic heterocycles. The monoisotopic (exact) mass is 365 g/mol. The number of hydrogen-bond acceptors (Lipinski definition) is 6. The summed E-state index contributed by atoms with van der Waals surface area (Å²) < 4.78 is 11.4. The number of amides is 1. The highest BCUT2D eigenvalue weighted by Crippen LogP contribution is 2.30. The van der Waals surface area contributed by atoms with Crippen molar-refractivity contribution >= 4 is 11.7 Å². The molecule has 7 heteroatoms. The summed E-state index contributed by atoms with van der Waals surface area (Å²) >= 11 is 0. The van der Waals surface area contributed by atoms with Gasteiger partial charge in [-0.2, -0.15) is 0 Å². The summed E-state index contributed by atoms with van der Waals surface area (Å²) in [6.07, 6.45) is 4.90. The first-order valence-electron chi connectivity index (χ1n) is 8.41. The summed E-state index contributed by atoms with van der Waals surface area (Å²) in [5.41, 5.74) is 1.28. The highest BCUT2D eigenvalue weighted by molar-refractivity contribution is 6.04. The first-order valence-corrected chi connectivity index (χ1v) is 8.41. The molecule has 2 aromatic heterocycles. The Morgan fingerprint density at radius 3 is 2.70 bits per heavy atom. The van der Waals surface area contributed by atoms with E-state index in [9.17, 15) is 9.90 Å². The molecule has 0 unspecified atom stereocenters. The van der Waals surface area contributed by atoms with Crippen LogP contribution in [0.1, 0.15) is 22.8 Å². The molecule has 0 radical (unpaired) electrons. The van der Waals surface area contributed by atoms with E-state index in [4.69, 9.17) is 9.47 Å². The molecule has 0 saturated carbocycles. The number of aromatic nitrogens is 2. The maximum absolute atomic E-state index is 12.4. The van der Waals surface area contributed by atoms with Gasteiger partial charge in [0, 0.05) is 29.7 Å². The van der Waals surface area contributed by atoms with Crippen molar-refractivity contribution in [1.82, 2.24) is 9.97 Å². The Morgan fingerprint density at radius 1 is 1.11 bits per heavy atom. The van der Waals surface area contributed by atoms with Gasteiger partial charge in [0.2, 0.25) is 0 Å². The highest BCUT2D eigenvalue weighted by atomic mass is 16.5. The molecule has 0 spiro atoms. The molecule has 0 aliphatic carbocycles. The lowest BCUT2D eigenvalue weighted by Crippen LogP contribution is -2.13. The van der Waals surface area contributed by atoms with Crippen LogP contribution in [0.3, 0.4) is 0 Å². The van der Waals surface area contributed by atoms with Crippen molar-refractivity contribution in [2.75, 3.05) is 11.9 Å². The van der Waals surface area contributed by atoms with Gasteiger partial charge in [-0.1, -0.05) is 6.07 Å². The van der Waals surface area contributed by atoms with E-state index in [1.165, 1.54) is 12.3 Å². The van der Waals surface area contributed by atoms with E-state index in [0.29, 0.717) is 30.3 Å². The van der Waals surface area contributed by atoms with Gasteiger partial charge in [0.05, 0.1) is 6.61 Å². The molecule has 0 aliphatic rings. The highest BCUT2D eigenvalue weighted by Gasteiger charge is 2.14. The molecule has 1 aromatic carbocycles. The fraction of sp³-hybridized carbons (Fsp3) is 0.150. The second kappa shape index (κ2) is 8.66. The molecule has 0 atom stereocenters. The Bertz CT molecular complexity index is 916. The second-order valence-corrected chi connectivity index (χ2v) is 5.57. The van der Waals surface area contributed by atoms with Gasteiger partial charge in [0.1, 0.15) is 6.61 Å². The summed E-state index contributed by atoms with van der Waals surface area (Å²) in [5, 5.41) is 12.3. The average molecular weight is 365 g/mol. The van der Waals surface area contributed by atoms with Gasteiger partial charge in [-0.3, -0.25) is 9.78 Å². The molecule has 0 fully saturated rings. The second-order valence-electron chi connectivity index (χ2n) is 5.57. The Kier molecular flexibility index (Phi) is 5.84. The van der Waals surface area contributed by atoms with E-state index >= 15 is 0 Å². The molecule has 3 aromatic rings. The van der Waals surface area contributed by atoms with Gasteiger partial charge in [-0.05, 0) is 43.3 Å². The van der Waals surface area contributed by atoms with Crippen molar-refractivity contribution in [3.8, 4) is 17.2 Å². The van der Waals surface area contributed by atoms with Crippen molar-refractivity contribution in [1.29, 1.82) is 0 Å². The molecule has 3 rings (SSSR count). The topological polar surface area (TPSA) is 93.6 Å². The molecule has 2 heterocycles. The summed E-state index contributed by atoms with van der Waals surface area (Å²) in [4.78, 5) is 20.4. The van der Waals surface area contributed by atoms with Gasteiger partial charge in [-0.25, -0.2) is 4.98 Å². The Morgan fingerprint density at radius 2 is 1.96 bits per heavy atom. The number of nitrogens with zero attached hydrogens (tertiary/aromatic N) is 2. The fourth-order valence-electron chi connectivity index (χ4n) is 2.35. The van der Waals surface area contributed by atoms with Crippen molar-refractivity contribution in [2.45, 2.75) is 13.5 Å². The zero-order valence-electron chi connectivity index (χ0n) is 14.8. The van der Waals surface area contributed by atoms with Crippen LogP contribution in [-0.4, -0.2) is 27.6 Å². The lowest BCUT2D eigenvalue weighted by Gasteiger charge is -2.13. The van der Waals surface area contributed by atoms with Crippen LogP contribution in [0.5, 0.6) is 17.2 Å². The SMILES string of the molecule is CCOc1cc(C(=O)Nc2ncccc2O)ccc1OCc1cccnc1. The van der Waals surface area contributed by atoms with E-state index in [2.05, 4.69) is 15.3 Å². The number of rotatable bonds is 7. The van der Waals surface area contributed by atoms with Crippen LogP contribution < -0.4 is 14.8 Å². The van der Waals surface area contributed by atoms with Gasteiger partial charge >= 0.3 is 0 Å². The molecular formula is C20H19N3O4. The Hall–Kier alpha value is -3.61. The number of carbonyl (C=O) groups excluding carboxylic acids is 1. The zero-order valence-corrected chi connectivity index (χ0v) is 14.8. The maximum Gasteiger partial charge on any atom is 0.257 e. The van der Waals surface area contributed by atoms with E-state index in [1.807, 2.05) is 19.1 Å². The van der Waals surface area contributed by atoms with Crippen molar-refractivity contribution in [3.05, 3.63) is 72.2 Å². The first kappa shape index (κ1) is 18.2. The van der Waals surface area contributed by atoms with Crippen LogP contribution in [0, 0.1) is 0 Å². The Balaban J connectivity index is 1.76. The lowest BCUT2D eigenvalue weighted by atomic mass is 10.2. The smallest absolute Gasteiger partial charge is 0.257 e. The maximum atomic E-state index is 12.4. The van der Waals surface area contributed by atoms with Crippen LogP contribution in [0.15, 0.2) is 61.1 Å². The molecule has 2 N–H and O–H groups in total. The minimum Gasteiger partial charge on any atom is -0.504 e. The number of aromatic hydroxyl groups is 1. The third kappa shape index (κ3) is 4.72. The van der Waals surface area contributed by atoms with Crippen LogP contribution in [0.25, 0.3) is 0 Å². The van der Waals surface area contributed by atoms with Crippen LogP contribution >= 0.6 is 0 Å². The first-order chi connectivity index (χ1) is 13.2. The normalized spacial score (nSPS) is 10.3. The predicted molar refractivity (Wildman–Crippen MR) is 100 cm³/mol. The predicted octanol–water partition coefficient (Wildman–Crippen LogP) is 3.41. The van der Waals surface area contributed by atoms with Gasteiger partial charge in [0.15, 0.2) is 23.1 Å². The molecular weight excluding hydrogens is 346 g/mol. The zero-order chi connectivity index (χ0) is 19.1. The van der Waals surface area contributed by atoms with Crippen LogP contribution in [0.2, 0.25) is 0 Å². The van der Waals surface area contributed by atoms with Gasteiger partial charge < -0.3 is 19.9 Å². The molecule has 1 amide bonds. The van der Waals surface area contributed by atoms with Crippen molar-refractivity contribution < 1.29 is 19.4 Å². The molecule has 27 heavy (non-hydrogen) atoms. The standard InChI is InChI=1S/C20H19N3O4/c1-2-26-18-11-15(20(25)23-19-16(24)6-4-10-22-19)7-8-17(18)27-13-14-5-3-9-21-12-14/h3-12,24H,2,13H2,1H3,(H,22,23,25). The summed E-state index contributed by atoms with van der Waals surface area (Å²) in [6, 6.07) is 11.7.